The van der Waals surface area contributed by atoms with Gasteiger partial charge in [0.05, 0.1) is 18.6 Å². The van der Waals surface area contributed by atoms with Crippen molar-refractivity contribution >= 4 is 5.97 Å². The molecule has 1 saturated heterocycles. The molecule has 106 valence electrons. The first-order chi connectivity index (χ1) is 8.71. The number of nitrogens with two attached hydrogens (primary N) is 1. The van der Waals surface area contributed by atoms with Gasteiger partial charge in [-0.2, -0.15) is 0 Å². The zero-order valence-electron chi connectivity index (χ0n) is 11.6. The molecule has 1 heterocycles. The van der Waals surface area contributed by atoms with Crippen LogP contribution in [0.5, 0.6) is 0 Å². The fraction of sp³-hybridized carbons (Fsp3) is 0.923. The molecule has 18 heavy (non-hydrogen) atoms. The first-order valence-electron chi connectivity index (χ1n) is 6.91. The predicted octanol–water partition coefficient (Wildman–Crippen LogP) is 0.625. The minimum atomic E-state index is -0.0668. The molecule has 0 aliphatic carbocycles. The highest BCUT2D eigenvalue weighted by atomic mass is 16.5. The SMILES string of the molecule is CCOC(=O)C1CCCN(CC(CN)OCC)C1. The minimum Gasteiger partial charge on any atom is -0.466 e. The van der Waals surface area contributed by atoms with Crippen molar-refractivity contribution in [3.05, 3.63) is 0 Å². The van der Waals surface area contributed by atoms with E-state index in [2.05, 4.69) is 4.90 Å². The summed E-state index contributed by atoms with van der Waals surface area (Å²) in [6.45, 7) is 8.06. The highest BCUT2D eigenvalue weighted by Crippen LogP contribution is 2.18. The largest absolute Gasteiger partial charge is 0.466 e. The third-order valence-corrected chi connectivity index (χ3v) is 3.25. The first kappa shape index (κ1) is 15.4. The number of piperidine rings is 1. The summed E-state index contributed by atoms with van der Waals surface area (Å²) >= 11 is 0. The number of likely N-dealkylation sites (tertiary alicyclic amines) is 1. The third kappa shape index (κ3) is 4.92. The van der Waals surface area contributed by atoms with Crippen LogP contribution in [-0.2, 0) is 14.3 Å². The average Bonchev–Trinajstić information content (AvgIpc) is 2.39. The number of rotatable bonds is 7. The molecule has 0 saturated carbocycles. The molecule has 1 aliphatic heterocycles. The summed E-state index contributed by atoms with van der Waals surface area (Å²) in [6, 6.07) is 0. The Morgan fingerprint density at radius 3 is 2.83 bits per heavy atom. The fourth-order valence-electron chi connectivity index (χ4n) is 2.39. The summed E-state index contributed by atoms with van der Waals surface area (Å²) in [5, 5.41) is 0. The van der Waals surface area contributed by atoms with Gasteiger partial charge in [0.1, 0.15) is 0 Å². The molecule has 2 unspecified atom stereocenters. The quantitative estimate of drug-likeness (QED) is 0.678. The summed E-state index contributed by atoms with van der Waals surface area (Å²) in [5.74, 6) is -0.0540. The fourth-order valence-corrected chi connectivity index (χ4v) is 2.39. The first-order valence-corrected chi connectivity index (χ1v) is 6.91. The molecular formula is C13H26N2O3. The van der Waals surface area contributed by atoms with E-state index < -0.39 is 0 Å². The van der Waals surface area contributed by atoms with Crippen molar-refractivity contribution in [1.29, 1.82) is 0 Å². The molecule has 0 bridgehead atoms. The molecule has 0 radical (unpaired) electrons. The second-order valence-corrected chi connectivity index (χ2v) is 4.66. The Bertz CT molecular complexity index is 248. The number of esters is 1. The smallest absolute Gasteiger partial charge is 0.310 e. The number of ether oxygens (including phenoxy) is 2. The van der Waals surface area contributed by atoms with E-state index in [1.54, 1.807) is 0 Å². The number of carbonyl (C=O) groups is 1. The Hall–Kier alpha value is -0.650. The molecule has 0 aromatic rings. The van der Waals surface area contributed by atoms with E-state index in [0.29, 0.717) is 19.8 Å². The van der Waals surface area contributed by atoms with Crippen molar-refractivity contribution in [2.75, 3.05) is 39.4 Å². The molecule has 0 aromatic heterocycles. The molecule has 1 rings (SSSR count). The standard InChI is InChI=1S/C13H26N2O3/c1-3-17-12(8-14)10-15-7-5-6-11(9-15)13(16)18-4-2/h11-12H,3-10,14H2,1-2H3. The van der Waals surface area contributed by atoms with Crippen LogP contribution in [0.2, 0.25) is 0 Å². The summed E-state index contributed by atoms with van der Waals surface area (Å²) in [5.41, 5.74) is 5.67. The van der Waals surface area contributed by atoms with Crippen molar-refractivity contribution in [1.82, 2.24) is 4.90 Å². The Kier molecular flexibility index (Phi) is 7.23. The van der Waals surface area contributed by atoms with E-state index in [1.807, 2.05) is 13.8 Å². The zero-order valence-corrected chi connectivity index (χ0v) is 11.6. The average molecular weight is 258 g/mol. The molecule has 2 atom stereocenters. The lowest BCUT2D eigenvalue weighted by Crippen LogP contribution is -2.45. The van der Waals surface area contributed by atoms with Crippen molar-refractivity contribution in [3.8, 4) is 0 Å². The molecule has 5 nitrogen and oxygen atoms in total. The molecule has 0 aromatic carbocycles. The number of nitrogens with zero attached hydrogens (tertiary/aromatic N) is 1. The number of hydrogen-bond acceptors (Lipinski definition) is 5. The van der Waals surface area contributed by atoms with Gasteiger partial charge in [0.2, 0.25) is 0 Å². The molecular weight excluding hydrogens is 232 g/mol. The molecule has 0 spiro atoms. The lowest BCUT2D eigenvalue weighted by atomic mass is 9.98. The Balaban J connectivity index is 2.40. The van der Waals surface area contributed by atoms with Gasteiger partial charge in [-0.1, -0.05) is 0 Å². The maximum atomic E-state index is 11.7. The molecule has 5 heteroatoms. The van der Waals surface area contributed by atoms with Gasteiger partial charge in [0.25, 0.3) is 0 Å². The number of carbonyl (C=O) groups excluding carboxylic acids is 1. The second kappa shape index (κ2) is 8.45. The van der Waals surface area contributed by atoms with Crippen molar-refractivity contribution in [2.45, 2.75) is 32.8 Å². The Morgan fingerprint density at radius 1 is 1.44 bits per heavy atom. The van der Waals surface area contributed by atoms with Crippen LogP contribution in [0.25, 0.3) is 0 Å². The highest BCUT2D eigenvalue weighted by molar-refractivity contribution is 5.72. The van der Waals surface area contributed by atoms with Gasteiger partial charge < -0.3 is 15.2 Å². The van der Waals surface area contributed by atoms with Gasteiger partial charge in [-0.05, 0) is 33.2 Å². The van der Waals surface area contributed by atoms with E-state index in [-0.39, 0.29) is 18.0 Å². The molecule has 0 amide bonds. The van der Waals surface area contributed by atoms with E-state index in [4.69, 9.17) is 15.2 Å². The van der Waals surface area contributed by atoms with Crippen LogP contribution in [0.15, 0.2) is 0 Å². The zero-order chi connectivity index (χ0) is 13.4. The predicted molar refractivity (Wildman–Crippen MR) is 70.3 cm³/mol. The minimum absolute atomic E-state index is 0.0127. The molecule has 2 N–H and O–H groups in total. The topological polar surface area (TPSA) is 64.8 Å². The van der Waals surface area contributed by atoms with Gasteiger partial charge in [-0.3, -0.25) is 9.69 Å². The summed E-state index contributed by atoms with van der Waals surface area (Å²) in [7, 11) is 0. The lowest BCUT2D eigenvalue weighted by Gasteiger charge is -2.33. The summed E-state index contributed by atoms with van der Waals surface area (Å²) in [4.78, 5) is 14.0. The maximum absolute atomic E-state index is 11.7. The number of hydrogen-bond donors (Lipinski definition) is 1. The lowest BCUT2D eigenvalue weighted by molar-refractivity contribution is -0.150. The van der Waals surface area contributed by atoms with Crippen LogP contribution >= 0.6 is 0 Å². The van der Waals surface area contributed by atoms with Crippen LogP contribution in [0.1, 0.15) is 26.7 Å². The monoisotopic (exact) mass is 258 g/mol. The Morgan fingerprint density at radius 2 is 2.22 bits per heavy atom. The second-order valence-electron chi connectivity index (χ2n) is 4.66. The van der Waals surface area contributed by atoms with Crippen LogP contribution in [0.4, 0.5) is 0 Å². The van der Waals surface area contributed by atoms with Crippen LogP contribution in [-0.4, -0.2) is 56.4 Å². The normalized spacial score (nSPS) is 22.7. The van der Waals surface area contributed by atoms with Crippen molar-refractivity contribution in [3.63, 3.8) is 0 Å². The van der Waals surface area contributed by atoms with Crippen LogP contribution < -0.4 is 5.73 Å². The third-order valence-electron chi connectivity index (χ3n) is 3.25. The van der Waals surface area contributed by atoms with E-state index >= 15 is 0 Å². The summed E-state index contributed by atoms with van der Waals surface area (Å²) in [6.07, 6.45) is 2.03. The van der Waals surface area contributed by atoms with E-state index in [0.717, 1.165) is 32.5 Å². The Labute approximate surface area is 110 Å². The van der Waals surface area contributed by atoms with E-state index in [9.17, 15) is 4.79 Å². The van der Waals surface area contributed by atoms with Crippen LogP contribution in [0.3, 0.4) is 0 Å². The van der Waals surface area contributed by atoms with Gasteiger partial charge in [0.15, 0.2) is 0 Å². The summed E-state index contributed by atoms with van der Waals surface area (Å²) < 4.78 is 10.6. The maximum Gasteiger partial charge on any atom is 0.310 e. The van der Waals surface area contributed by atoms with Gasteiger partial charge in [0, 0.05) is 26.2 Å². The highest BCUT2D eigenvalue weighted by Gasteiger charge is 2.27. The van der Waals surface area contributed by atoms with E-state index in [1.165, 1.54) is 0 Å². The van der Waals surface area contributed by atoms with Gasteiger partial charge in [-0.15, -0.1) is 0 Å². The van der Waals surface area contributed by atoms with Gasteiger partial charge in [-0.25, -0.2) is 0 Å². The molecule has 1 fully saturated rings. The van der Waals surface area contributed by atoms with Crippen molar-refractivity contribution < 1.29 is 14.3 Å². The van der Waals surface area contributed by atoms with Crippen LogP contribution in [0, 0.1) is 5.92 Å². The van der Waals surface area contributed by atoms with Crippen molar-refractivity contribution in [2.24, 2.45) is 11.7 Å². The molecule has 1 aliphatic rings. The van der Waals surface area contributed by atoms with Gasteiger partial charge >= 0.3 is 5.97 Å².